The summed E-state index contributed by atoms with van der Waals surface area (Å²) in [5.74, 6) is 0.146. The molecule has 1 N–H and O–H groups in total. The van der Waals surface area contributed by atoms with Crippen molar-refractivity contribution in [2.45, 2.75) is 19.9 Å². The van der Waals surface area contributed by atoms with Crippen LogP contribution in [0.5, 0.6) is 0 Å². The first-order chi connectivity index (χ1) is 8.42. The fourth-order valence-electron chi connectivity index (χ4n) is 2.22. The molecule has 0 radical (unpaired) electrons. The van der Waals surface area contributed by atoms with Gasteiger partial charge < -0.3 is 5.32 Å². The monoisotopic (exact) mass is 332 g/mol. The van der Waals surface area contributed by atoms with Crippen LogP contribution in [0.3, 0.4) is 0 Å². The van der Waals surface area contributed by atoms with Gasteiger partial charge >= 0.3 is 0 Å². The molecular weight excluding hydrogens is 316 g/mol. The summed E-state index contributed by atoms with van der Waals surface area (Å²) in [5, 5.41) is 3.15. The number of hydrogen-bond donors (Lipinski definition) is 1. The molecule has 1 aliphatic heterocycles. The molecule has 100 valence electrons. The van der Waals surface area contributed by atoms with Crippen molar-refractivity contribution in [3.05, 3.63) is 28.2 Å². The Labute approximate surface area is 117 Å². The summed E-state index contributed by atoms with van der Waals surface area (Å²) in [7, 11) is -3.24. The quantitative estimate of drug-likeness (QED) is 0.854. The summed E-state index contributed by atoms with van der Waals surface area (Å²) in [5.41, 5.74) is 1.73. The van der Waals surface area contributed by atoms with Gasteiger partial charge in [0.15, 0.2) is 0 Å². The molecule has 1 aromatic rings. The summed E-state index contributed by atoms with van der Waals surface area (Å²) in [6.07, 6.45) is 0. The highest BCUT2D eigenvalue weighted by Gasteiger charge is 2.30. The lowest BCUT2D eigenvalue weighted by Gasteiger charge is -2.29. The van der Waals surface area contributed by atoms with E-state index in [0.717, 1.165) is 15.7 Å². The van der Waals surface area contributed by atoms with Gasteiger partial charge in [-0.1, -0.05) is 15.9 Å². The highest BCUT2D eigenvalue weighted by atomic mass is 79.9. The molecule has 0 bridgehead atoms. The number of nitrogens with zero attached hydrogens (tertiary/aromatic N) is 1. The zero-order valence-corrected chi connectivity index (χ0v) is 12.9. The second kappa shape index (κ2) is 5.19. The van der Waals surface area contributed by atoms with Crippen LogP contribution < -0.4 is 9.62 Å². The molecule has 18 heavy (non-hydrogen) atoms. The summed E-state index contributed by atoms with van der Waals surface area (Å²) >= 11 is 3.40. The number of hydrogen-bond acceptors (Lipinski definition) is 3. The SMILES string of the molecule is Cc1cc(Br)ccc1N1C(C)CNCCS1(=O)=O. The molecule has 2 rings (SSSR count). The molecule has 1 aromatic carbocycles. The number of rotatable bonds is 1. The molecule has 1 unspecified atom stereocenters. The predicted molar refractivity (Wildman–Crippen MR) is 77.5 cm³/mol. The van der Waals surface area contributed by atoms with Gasteiger partial charge in [0.25, 0.3) is 0 Å². The van der Waals surface area contributed by atoms with Gasteiger partial charge in [-0.05, 0) is 37.6 Å². The number of nitrogens with one attached hydrogen (secondary N) is 1. The zero-order chi connectivity index (χ0) is 13.3. The third kappa shape index (κ3) is 2.70. The smallest absolute Gasteiger partial charge is 0.236 e. The third-order valence-corrected chi connectivity index (χ3v) is 5.44. The first kappa shape index (κ1) is 13.8. The van der Waals surface area contributed by atoms with Crippen LogP contribution in [0.2, 0.25) is 0 Å². The zero-order valence-electron chi connectivity index (χ0n) is 10.5. The van der Waals surface area contributed by atoms with Gasteiger partial charge in [-0.25, -0.2) is 8.42 Å². The Hall–Kier alpha value is -0.590. The van der Waals surface area contributed by atoms with Gasteiger partial charge in [0, 0.05) is 17.6 Å². The van der Waals surface area contributed by atoms with Crippen LogP contribution in [0.15, 0.2) is 22.7 Å². The van der Waals surface area contributed by atoms with E-state index >= 15 is 0 Å². The molecular formula is C12H17BrN2O2S. The molecule has 0 saturated carbocycles. The third-order valence-electron chi connectivity index (χ3n) is 3.07. The van der Waals surface area contributed by atoms with E-state index in [4.69, 9.17) is 0 Å². The van der Waals surface area contributed by atoms with E-state index in [-0.39, 0.29) is 11.8 Å². The molecule has 0 aliphatic carbocycles. The van der Waals surface area contributed by atoms with Gasteiger partial charge in [0.05, 0.1) is 17.5 Å². The lowest BCUT2D eigenvalue weighted by Crippen LogP contribution is -2.41. The second-order valence-electron chi connectivity index (χ2n) is 4.60. The van der Waals surface area contributed by atoms with Crippen molar-refractivity contribution < 1.29 is 8.42 Å². The predicted octanol–water partition coefficient (Wildman–Crippen LogP) is 1.89. The topological polar surface area (TPSA) is 49.4 Å². The number of anilines is 1. The molecule has 1 aliphatic rings. The standard InChI is InChI=1S/C12H17BrN2O2S/c1-9-7-11(13)3-4-12(9)15-10(2)8-14-5-6-18(15,16)17/h3-4,7,10,14H,5-6,8H2,1-2H3. The summed E-state index contributed by atoms with van der Waals surface area (Å²) in [6, 6.07) is 5.61. The maximum absolute atomic E-state index is 12.3. The van der Waals surface area contributed by atoms with Gasteiger partial charge in [0.1, 0.15) is 0 Å². The minimum Gasteiger partial charge on any atom is -0.314 e. The molecule has 0 amide bonds. The van der Waals surface area contributed by atoms with Crippen molar-refractivity contribution in [2.75, 3.05) is 23.1 Å². The number of sulfonamides is 1. The summed E-state index contributed by atoms with van der Waals surface area (Å²) in [4.78, 5) is 0. The van der Waals surface area contributed by atoms with E-state index < -0.39 is 10.0 Å². The molecule has 0 aromatic heterocycles. The van der Waals surface area contributed by atoms with Crippen LogP contribution in [0.4, 0.5) is 5.69 Å². The van der Waals surface area contributed by atoms with Crippen molar-refractivity contribution >= 4 is 31.6 Å². The molecule has 0 spiro atoms. The number of aryl methyl sites for hydroxylation is 1. The summed E-state index contributed by atoms with van der Waals surface area (Å²) < 4.78 is 27.2. The van der Waals surface area contributed by atoms with Gasteiger partial charge in [-0.3, -0.25) is 4.31 Å². The van der Waals surface area contributed by atoms with Crippen LogP contribution in [0.1, 0.15) is 12.5 Å². The molecule has 1 atom stereocenters. The Kier molecular flexibility index (Phi) is 3.99. The largest absolute Gasteiger partial charge is 0.314 e. The average Bonchev–Trinajstić information content (AvgIpc) is 2.39. The van der Waals surface area contributed by atoms with Gasteiger partial charge in [0.2, 0.25) is 10.0 Å². The highest BCUT2D eigenvalue weighted by molar-refractivity contribution is 9.10. The van der Waals surface area contributed by atoms with E-state index in [1.807, 2.05) is 32.0 Å². The van der Waals surface area contributed by atoms with Crippen LogP contribution in [0, 0.1) is 6.92 Å². The Bertz CT molecular complexity index is 545. The van der Waals surface area contributed by atoms with Crippen molar-refractivity contribution in [2.24, 2.45) is 0 Å². The fourth-order valence-corrected chi connectivity index (χ4v) is 4.42. The maximum Gasteiger partial charge on any atom is 0.236 e. The van der Waals surface area contributed by atoms with E-state index in [0.29, 0.717) is 13.1 Å². The van der Waals surface area contributed by atoms with Crippen LogP contribution >= 0.6 is 15.9 Å². The first-order valence-electron chi connectivity index (χ1n) is 5.91. The lowest BCUT2D eigenvalue weighted by atomic mass is 10.2. The number of halogens is 1. The van der Waals surface area contributed by atoms with Crippen molar-refractivity contribution in [3.63, 3.8) is 0 Å². The van der Waals surface area contributed by atoms with E-state index in [1.54, 1.807) is 4.31 Å². The van der Waals surface area contributed by atoms with Crippen LogP contribution in [-0.2, 0) is 10.0 Å². The second-order valence-corrected chi connectivity index (χ2v) is 7.48. The van der Waals surface area contributed by atoms with E-state index in [1.165, 1.54) is 0 Å². The van der Waals surface area contributed by atoms with Crippen molar-refractivity contribution in [3.8, 4) is 0 Å². The van der Waals surface area contributed by atoms with Gasteiger partial charge in [-0.15, -0.1) is 0 Å². The molecule has 4 nitrogen and oxygen atoms in total. The Morgan fingerprint density at radius 1 is 1.44 bits per heavy atom. The number of benzene rings is 1. The molecule has 1 fully saturated rings. The normalized spacial score (nSPS) is 23.7. The van der Waals surface area contributed by atoms with Crippen molar-refractivity contribution in [1.82, 2.24) is 5.32 Å². The van der Waals surface area contributed by atoms with Gasteiger partial charge in [-0.2, -0.15) is 0 Å². The Morgan fingerprint density at radius 3 is 2.83 bits per heavy atom. The fraction of sp³-hybridized carbons (Fsp3) is 0.500. The minimum absolute atomic E-state index is 0.0719. The summed E-state index contributed by atoms with van der Waals surface area (Å²) in [6.45, 7) is 5.05. The highest BCUT2D eigenvalue weighted by Crippen LogP contribution is 2.28. The maximum atomic E-state index is 12.3. The first-order valence-corrected chi connectivity index (χ1v) is 8.31. The van der Waals surface area contributed by atoms with Crippen LogP contribution in [-0.4, -0.2) is 33.3 Å². The molecule has 6 heteroatoms. The lowest BCUT2D eigenvalue weighted by molar-refractivity contribution is 0.585. The average molecular weight is 333 g/mol. The van der Waals surface area contributed by atoms with Crippen LogP contribution in [0.25, 0.3) is 0 Å². The Morgan fingerprint density at radius 2 is 2.17 bits per heavy atom. The molecule has 1 heterocycles. The Balaban J connectivity index is 2.51. The molecule has 1 saturated heterocycles. The minimum atomic E-state index is -3.24. The van der Waals surface area contributed by atoms with E-state index in [9.17, 15) is 8.42 Å². The van der Waals surface area contributed by atoms with E-state index in [2.05, 4.69) is 21.2 Å². The van der Waals surface area contributed by atoms with Crippen molar-refractivity contribution in [1.29, 1.82) is 0 Å².